The highest BCUT2D eigenvalue weighted by Crippen LogP contribution is 2.34. The Kier molecular flexibility index (Phi) is 3.29. The van der Waals surface area contributed by atoms with Crippen LogP contribution in [-0.2, 0) is 0 Å². The SMILES string of the molecule is CC(C)c1cc(-c2ccccc2)sc1C(=O)O. The van der Waals surface area contributed by atoms with Gasteiger partial charge in [0.25, 0.3) is 0 Å². The molecule has 0 fully saturated rings. The van der Waals surface area contributed by atoms with E-state index in [1.807, 2.05) is 50.2 Å². The largest absolute Gasteiger partial charge is 0.477 e. The first-order valence-corrected chi connectivity index (χ1v) is 6.33. The third kappa shape index (κ3) is 2.39. The summed E-state index contributed by atoms with van der Waals surface area (Å²) in [5.41, 5.74) is 1.99. The van der Waals surface area contributed by atoms with Crippen LogP contribution in [0.25, 0.3) is 10.4 Å². The third-order valence-electron chi connectivity index (χ3n) is 2.64. The van der Waals surface area contributed by atoms with Gasteiger partial charge in [-0.25, -0.2) is 4.79 Å². The average Bonchev–Trinajstić information content (AvgIpc) is 2.75. The molecule has 0 radical (unpaired) electrons. The first-order chi connectivity index (χ1) is 8.09. The Balaban J connectivity index is 2.51. The van der Waals surface area contributed by atoms with Crippen molar-refractivity contribution in [2.45, 2.75) is 19.8 Å². The van der Waals surface area contributed by atoms with E-state index in [0.29, 0.717) is 4.88 Å². The van der Waals surface area contributed by atoms with E-state index in [2.05, 4.69) is 0 Å². The molecule has 0 aliphatic carbocycles. The molecule has 0 aliphatic heterocycles. The Morgan fingerprint density at radius 1 is 1.24 bits per heavy atom. The molecule has 0 saturated carbocycles. The summed E-state index contributed by atoms with van der Waals surface area (Å²) >= 11 is 1.35. The summed E-state index contributed by atoms with van der Waals surface area (Å²) in [7, 11) is 0. The van der Waals surface area contributed by atoms with Crippen LogP contribution in [0.1, 0.15) is 35.0 Å². The molecule has 1 N–H and O–H groups in total. The number of carbonyl (C=O) groups is 1. The molecular formula is C14H14O2S. The van der Waals surface area contributed by atoms with Gasteiger partial charge in [0.05, 0.1) is 0 Å². The second-order valence-corrected chi connectivity index (χ2v) is 5.27. The van der Waals surface area contributed by atoms with Gasteiger partial charge in [0, 0.05) is 4.88 Å². The number of thiophene rings is 1. The molecule has 2 nitrogen and oxygen atoms in total. The van der Waals surface area contributed by atoms with Gasteiger partial charge in [-0.2, -0.15) is 0 Å². The van der Waals surface area contributed by atoms with Crippen molar-refractivity contribution in [1.82, 2.24) is 0 Å². The van der Waals surface area contributed by atoms with E-state index < -0.39 is 5.97 Å². The van der Waals surface area contributed by atoms with E-state index in [0.717, 1.165) is 16.0 Å². The maximum atomic E-state index is 11.2. The molecule has 0 unspecified atom stereocenters. The van der Waals surface area contributed by atoms with Gasteiger partial charge >= 0.3 is 5.97 Å². The van der Waals surface area contributed by atoms with Crippen molar-refractivity contribution in [3.63, 3.8) is 0 Å². The highest BCUT2D eigenvalue weighted by Gasteiger charge is 2.17. The molecule has 2 aromatic rings. The zero-order valence-corrected chi connectivity index (χ0v) is 10.6. The molecule has 0 atom stereocenters. The highest BCUT2D eigenvalue weighted by atomic mass is 32.1. The number of carboxylic acids is 1. The van der Waals surface area contributed by atoms with Crippen LogP contribution < -0.4 is 0 Å². The lowest BCUT2D eigenvalue weighted by Gasteiger charge is -2.01. The minimum Gasteiger partial charge on any atom is -0.477 e. The topological polar surface area (TPSA) is 37.3 Å². The van der Waals surface area contributed by atoms with Crippen molar-refractivity contribution in [3.8, 4) is 10.4 Å². The molecule has 3 heteroatoms. The van der Waals surface area contributed by atoms with E-state index in [1.54, 1.807) is 0 Å². The third-order valence-corrected chi connectivity index (χ3v) is 3.82. The standard InChI is InChI=1S/C14H14O2S/c1-9(2)11-8-12(17-13(11)14(15)16)10-6-4-3-5-7-10/h3-9H,1-2H3,(H,15,16). The van der Waals surface area contributed by atoms with Crippen molar-refractivity contribution in [2.24, 2.45) is 0 Å². The van der Waals surface area contributed by atoms with E-state index in [1.165, 1.54) is 11.3 Å². The Hall–Kier alpha value is -1.61. The summed E-state index contributed by atoms with van der Waals surface area (Å²) in [5, 5.41) is 9.19. The number of hydrogen-bond acceptors (Lipinski definition) is 2. The predicted octanol–water partition coefficient (Wildman–Crippen LogP) is 4.24. The minimum absolute atomic E-state index is 0.231. The van der Waals surface area contributed by atoms with Gasteiger partial charge in [-0.15, -0.1) is 11.3 Å². The summed E-state index contributed by atoms with van der Waals surface area (Å²) in [5.74, 6) is -0.601. The first kappa shape index (κ1) is 11.9. The highest BCUT2D eigenvalue weighted by molar-refractivity contribution is 7.17. The molecule has 0 aliphatic rings. The van der Waals surface area contributed by atoms with Crippen molar-refractivity contribution in [1.29, 1.82) is 0 Å². The fourth-order valence-electron chi connectivity index (χ4n) is 1.75. The lowest BCUT2D eigenvalue weighted by Crippen LogP contribution is -1.98. The summed E-state index contributed by atoms with van der Waals surface area (Å²) < 4.78 is 0. The van der Waals surface area contributed by atoms with Crippen LogP contribution in [-0.4, -0.2) is 11.1 Å². The number of aromatic carboxylic acids is 1. The maximum Gasteiger partial charge on any atom is 0.346 e. The number of hydrogen-bond donors (Lipinski definition) is 1. The molecule has 1 heterocycles. The molecule has 2 rings (SSSR count). The van der Waals surface area contributed by atoms with Crippen LogP contribution >= 0.6 is 11.3 Å². The van der Waals surface area contributed by atoms with Gasteiger partial charge in [-0.1, -0.05) is 44.2 Å². The van der Waals surface area contributed by atoms with Crippen LogP contribution in [0.15, 0.2) is 36.4 Å². The average molecular weight is 246 g/mol. The van der Waals surface area contributed by atoms with Gasteiger partial charge in [-0.3, -0.25) is 0 Å². The Morgan fingerprint density at radius 3 is 2.35 bits per heavy atom. The van der Waals surface area contributed by atoms with Crippen molar-refractivity contribution in [2.75, 3.05) is 0 Å². The van der Waals surface area contributed by atoms with Crippen molar-refractivity contribution in [3.05, 3.63) is 46.8 Å². The summed E-state index contributed by atoms with van der Waals surface area (Å²) in [6.07, 6.45) is 0. The second kappa shape index (κ2) is 4.72. The minimum atomic E-state index is -0.833. The number of benzene rings is 1. The quantitative estimate of drug-likeness (QED) is 0.879. The monoisotopic (exact) mass is 246 g/mol. The van der Waals surface area contributed by atoms with Crippen LogP contribution in [0.5, 0.6) is 0 Å². The number of carboxylic acid groups (broad SMARTS) is 1. The Bertz CT molecular complexity index is 526. The summed E-state index contributed by atoms with van der Waals surface area (Å²) in [6.45, 7) is 4.03. The van der Waals surface area contributed by atoms with Crippen molar-refractivity contribution < 1.29 is 9.90 Å². The van der Waals surface area contributed by atoms with E-state index in [-0.39, 0.29) is 5.92 Å². The van der Waals surface area contributed by atoms with Crippen LogP contribution in [0.3, 0.4) is 0 Å². The van der Waals surface area contributed by atoms with Gasteiger partial charge < -0.3 is 5.11 Å². The molecule has 17 heavy (non-hydrogen) atoms. The van der Waals surface area contributed by atoms with E-state index >= 15 is 0 Å². The smallest absolute Gasteiger partial charge is 0.346 e. The molecule has 0 saturated heterocycles. The Morgan fingerprint density at radius 2 is 1.88 bits per heavy atom. The van der Waals surface area contributed by atoms with Gasteiger partial charge in [-0.05, 0) is 23.1 Å². The van der Waals surface area contributed by atoms with E-state index in [4.69, 9.17) is 0 Å². The molecular weight excluding hydrogens is 232 g/mol. The molecule has 0 spiro atoms. The lowest BCUT2D eigenvalue weighted by atomic mass is 10.0. The van der Waals surface area contributed by atoms with Crippen LogP contribution in [0.4, 0.5) is 0 Å². The zero-order chi connectivity index (χ0) is 12.4. The molecule has 1 aromatic carbocycles. The van der Waals surface area contributed by atoms with Gasteiger partial charge in [0.1, 0.15) is 4.88 Å². The fraction of sp³-hybridized carbons (Fsp3) is 0.214. The maximum absolute atomic E-state index is 11.2. The normalized spacial score (nSPS) is 10.8. The lowest BCUT2D eigenvalue weighted by molar-refractivity contribution is 0.0700. The summed E-state index contributed by atoms with van der Waals surface area (Å²) in [4.78, 5) is 12.7. The molecule has 0 bridgehead atoms. The zero-order valence-electron chi connectivity index (χ0n) is 9.81. The van der Waals surface area contributed by atoms with E-state index in [9.17, 15) is 9.90 Å². The fourth-order valence-corrected chi connectivity index (χ4v) is 2.91. The number of rotatable bonds is 3. The van der Waals surface area contributed by atoms with Crippen LogP contribution in [0.2, 0.25) is 0 Å². The van der Waals surface area contributed by atoms with Crippen LogP contribution in [0, 0.1) is 0 Å². The van der Waals surface area contributed by atoms with Crippen molar-refractivity contribution >= 4 is 17.3 Å². The molecule has 88 valence electrons. The Labute approximate surface area is 105 Å². The predicted molar refractivity (Wildman–Crippen MR) is 70.8 cm³/mol. The molecule has 0 amide bonds. The molecule has 1 aromatic heterocycles. The first-order valence-electron chi connectivity index (χ1n) is 5.52. The van der Waals surface area contributed by atoms with Gasteiger partial charge in [0.15, 0.2) is 0 Å². The summed E-state index contributed by atoms with van der Waals surface area (Å²) in [6, 6.07) is 11.9. The van der Waals surface area contributed by atoms with Gasteiger partial charge in [0.2, 0.25) is 0 Å². The second-order valence-electron chi connectivity index (χ2n) is 4.22.